The second kappa shape index (κ2) is 6.36. The molecular formula is C11H16BrN3O3S. The highest BCUT2D eigenvalue weighted by atomic mass is 79.9. The molecule has 0 bridgehead atoms. The molecule has 1 rings (SSSR count). The number of anilines is 1. The third-order valence-electron chi connectivity index (χ3n) is 2.61. The first-order chi connectivity index (χ1) is 8.78. The van der Waals surface area contributed by atoms with Gasteiger partial charge in [-0.25, -0.2) is 12.7 Å². The summed E-state index contributed by atoms with van der Waals surface area (Å²) in [6.07, 6.45) is 0.109. The molecule has 0 atom stereocenters. The third kappa shape index (κ3) is 3.92. The van der Waals surface area contributed by atoms with Gasteiger partial charge >= 0.3 is 0 Å². The van der Waals surface area contributed by atoms with Crippen molar-refractivity contribution in [2.45, 2.75) is 11.3 Å². The van der Waals surface area contributed by atoms with Crippen molar-refractivity contribution in [1.29, 1.82) is 0 Å². The van der Waals surface area contributed by atoms with Crippen molar-refractivity contribution >= 4 is 37.5 Å². The summed E-state index contributed by atoms with van der Waals surface area (Å²) in [7, 11) is -0.696. The lowest BCUT2D eigenvalue weighted by Crippen LogP contribution is -2.31. The van der Waals surface area contributed by atoms with Crippen molar-refractivity contribution in [3.63, 3.8) is 0 Å². The molecule has 0 radical (unpaired) electrons. The molecule has 0 heterocycles. The first-order valence-electron chi connectivity index (χ1n) is 5.51. The standard InChI is InChI=1S/C11H16BrN3O3S/c1-14-11(16)5-6-15(2)19(17,18)8-3-4-9(12)10(13)7-8/h3-4,7H,5-6,13H2,1-2H3,(H,14,16). The van der Waals surface area contributed by atoms with Gasteiger partial charge in [-0.15, -0.1) is 0 Å². The van der Waals surface area contributed by atoms with Crippen LogP contribution >= 0.6 is 15.9 Å². The van der Waals surface area contributed by atoms with Gasteiger partial charge < -0.3 is 11.1 Å². The van der Waals surface area contributed by atoms with Crippen LogP contribution in [-0.4, -0.2) is 39.3 Å². The van der Waals surface area contributed by atoms with Gasteiger partial charge in [0.05, 0.1) is 4.90 Å². The molecule has 0 saturated carbocycles. The van der Waals surface area contributed by atoms with E-state index in [4.69, 9.17) is 5.73 Å². The minimum absolute atomic E-state index is 0.104. The maximum absolute atomic E-state index is 12.2. The van der Waals surface area contributed by atoms with Gasteiger partial charge in [-0.3, -0.25) is 4.79 Å². The topological polar surface area (TPSA) is 92.5 Å². The van der Waals surface area contributed by atoms with Gasteiger partial charge in [0, 0.05) is 37.2 Å². The number of nitrogens with one attached hydrogen (secondary N) is 1. The van der Waals surface area contributed by atoms with E-state index in [-0.39, 0.29) is 23.8 Å². The number of amides is 1. The van der Waals surface area contributed by atoms with E-state index in [1.807, 2.05) is 0 Å². The fourth-order valence-corrected chi connectivity index (χ4v) is 2.82. The number of carbonyl (C=O) groups is 1. The molecule has 0 aliphatic heterocycles. The predicted octanol–water partition coefficient (Wildman–Crippen LogP) is 0.788. The Morgan fingerprint density at radius 1 is 1.47 bits per heavy atom. The average Bonchev–Trinajstić information content (AvgIpc) is 2.38. The average molecular weight is 350 g/mol. The normalized spacial score (nSPS) is 11.6. The molecule has 0 saturated heterocycles. The second-order valence-corrected chi connectivity index (χ2v) is 6.83. The highest BCUT2D eigenvalue weighted by molar-refractivity contribution is 9.10. The molecule has 3 N–H and O–H groups in total. The SMILES string of the molecule is CNC(=O)CCN(C)S(=O)(=O)c1ccc(Br)c(N)c1. The zero-order valence-electron chi connectivity index (χ0n) is 10.7. The van der Waals surface area contributed by atoms with Crippen molar-refractivity contribution in [2.75, 3.05) is 26.4 Å². The molecule has 0 spiro atoms. The van der Waals surface area contributed by atoms with Crippen LogP contribution in [0.25, 0.3) is 0 Å². The lowest BCUT2D eigenvalue weighted by atomic mass is 10.3. The highest BCUT2D eigenvalue weighted by Gasteiger charge is 2.21. The molecule has 1 amide bonds. The van der Waals surface area contributed by atoms with Gasteiger partial charge in [0.15, 0.2) is 0 Å². The number of nitrogens with zero attached hydrogens (tertiary/aromatic N) is 1. The summed E-state index contributed by atoms with van der Waals surface area (Å²) >= 11 is 3.21. The summed E-state index contributed by atoms with van der Waals surface area (Å²) in [6, 6.07) is 4.43. The van der Waals surface area contributed by atoms with Crippen LogP contribution in [0, 0.1) is 0 Å². The van der Waals surface area contributed by atoms with Crippen molar-refractivity contribution in [1.82, 2.24) is 9.62 Å². The first-order valence-corrected chi connectivity index (χ1v) is 7.74. The van der Waals surface area contributed by atoms with Gasteiger partial charge in [0.2, 0.25) is 15.9 Å². The number of nitrogen functional groups attached to an aromatic ring is 1. The zero-order chi connectivity index (χ0) is 14.6. The van der Waals surface area contributed by atoms with Gasteiger partial charge in [-0.2, -0.15) is 0 Å². The maximum Gasteiger partial charge on any atom is 0.242 e. The fourth-order valence-electron chi connectivity index (χ4n) is 1.37. The number of sulfonamides is 1. The van der Waals surface area contributed by atoms with Crippen LogP contribution in [-0.2, 0) is 14.8 Å². The number of benzene rings is 1. The number of carbonyl (C=O) groups excluding carboxylic acids is 1. The molecule has 0 aliphatic rings. The molecular weight excluding hydrogens is 334 g/mol. The Hall–Kier alpha value is -1.12. The van der Waals surface area contributed by atoms with E-state index in [2.05, 4.69) is 21.2 Å². The van der Waals surface area contributed by atoms with Crippen LogP contribution in [0.3, 0.4) is 0 Å². The van der Waals surface area contributed by atoms with E-state index < -0.39 is 10.0 Å². The molecule has 19 heavy (non-hydrogen) atoms. The molecule has 0 aliphatic carbocycles. The van der Waals surface area contributed by atoms with Gasteiger partial charge in [-0.1, -0.05) is 0 Å². The Balaban J connectivity index is 2.90. The second-order valence-electron chi connectivity index (χ2n) is 3.93. The van der Waals surface area contributed by atoms with Crippen LogP contribution in [0.5, 0.6) is 0 Å². The van der Waals surface area contributed by atoms with E-state index in [9.17, 15) is 13.2 Å². The number of rotatable bonds is 5. The Labute approximate surface area is 121 Å². The molecule has 6 nitrogen and oxygen atoms in total. The van der Waals surface area contributed by atoms with E-state index in [1.165, 1.54) is 26.2 Å². The molecule has 0 fully saturated rings. The highest BCUT2D eigenvalue weighted by Crippen LogP contribution is 2.24. The van der Waals surface area contributed by atoms with Crippen molar-refractivity contribution in [3.05, 3.63) is 22.7 Å². The maximum atomic E-state index is 12.2. The Morgan fingerprint density at radius 3 is 2.63 bits per heavy atom. The van der Waals surface area contributed by atoms with Gasteiger partial charge in [0.25, 0.3) is 0 Å². The Morgan fingerprint density at radius 2 is 2.11 bits per heavy atom. The van der Waals surface area contributed by atoms with E-state index in [1.54, 1.807) is 6.07 Å². The number of nitrogens with two attached hydrogens (primary N) is 1. The summed E-state index contributed by atoms with van der Waals surface area (Å²) in [5.74, 6) is -0.211. The smallest absolute Gasteiger partial charge is 0.242 e. The monoisotopic (exact) mass is 349 g/mol. The predicted molar refractivity (Wildman–Crippen MR) is 77.1 cm³/mol. The van der Waals surface area contributed by atoms with Crippen molar-refractivity contribution < 1.29 is 13.2 Å². The number of hydrogen-bond acceptors (Lipinski definition) is 4. The van der Waals surface area contributed by atoms with Crippen LogP contribution < -0.4 is 11.1 Å². The Kier molecular flexibility index (Phi) is 5.33. The summed E-state index contributed by atoms with van der Waals surface area (Å²) in [5, 5.41) is 2.44. The molecule has 8 heteroatoms. The van der Waals surface area contributed by atoms with Crippen LogP contribution in [0.2, 0.25) is 0 Å². The van der Waals surface area contributed by atoms with Gasteiger partial charge in [-0.05, 0) is 34.1 Å². The van der Waals surface area contributed by atoms with E-state index >= 15 is 0 Å². The summed E-state index contributed by atoms with van der Waals surface area (Å²) < 4.78 is 26.2. The summed E-state index contributed by atoms with van der Waals surface area (Å²) in [4.78, 5) is 11.2. The Bertz CT molecular complexity index is 575. The van der Waals surface area contributed by atoms with Crippen LogP contribution in [0.15, 0.2) is 27.6 Å². The van der Waals surface area contributed by atoms with Crippen molar-refractivity contribution in [3.8, 4) is 0 Å². The lowest BCUT2D eigenvalue weighted by Gasteiger charge is -2.17. The molecule has 106 valence electrons. The molecule has 1 aromatic carbocycles. The van der Waals surface area contributed by atoms with E-state index in [0.29, 0.717) is 10.2 Å². The summed E-state index contributed by atoms with van der Waals surface area (Å²) in [6.45, 7) is 0.109. The summed E-state index contributed by atoms with van der Waals surface area (Å²) in [5.41, 5.74) is 6.02. The quantitative estimate of drug-likeness (QED) is 0.768. The molecule has 1 aromatic rings. The molecule has 0 aromatic heterocycles. The fraction of sp³-hybridized carbons (Fsp3) is 0.364. The minimum atomic E-state index is -3.63. The van der Waals surface area contributed by atoms with Crippen LogP contribution in [0.1, 0.15) is 6.42 Å². The number of halogens is 1. The minimum Gasteiger partial charge on any atom is -0.398 e. The number of hydrogen-bond donors (Lipinski definition) is 2. The first kappa shape index (κ1) is 15.9. The van der Waals surface area contributed by atoms with Gasteiger partial charge in [0.1, 0.15) is 0 Å². The zero-order valence-corrected chi connectivity index (χ0v) is 13.1. The largest absolute Gasteiger partial charge is 0.398 e. The lowest BCUT2D eigenvalue weighted by molar-refractivity contribution is -0.120. The third-order valence-corrected chi connectivity index (χ3v) is 5.18. The van der Waals surface area contributed by atoms with Crippen molar-refractivity contribution in [2.24, 2.45) is 0 Å². The van der Waals surface area contributed by atoms with Crippen LogP contribution in [0.4, 0.5) is 5.69 Å². The van der Waals surface area contributed by atoms with E-state index in [0.717, 1.165) is 4.31 Å². The molecule has 0 unspecified atom stereocenters.